The first-order valence-corrected chi connectivity index (χ1v) is 12.2. The number of anilines is 1. The van der Waals surface area contributed by atoms with E-state index in [9.17, 15) is 0 Å². The third kappa shape index (κ3) is 4.34. The number of methoxy groups -OCH3 is 1. The molecule has 3 heterocycles. The molecule has 0 N–H and O–H groups in total. The van der Waals surface area contributed by atoms with Gasteiger partial charge in [-0.05, 0) is 50.5 Å². The highest BCUT2D eigenvalue weighted by molar-refractivity contribution is 5.99. The van der Waals surface area contributed by atoms with Crippen molar-refractivity contribution in [3.8, 4) is 22.9 Å². The maximum Gasteiger partial charge on any atom is 0.153 e. The molecule has 2 aliphatic heterocycles. The summed E-state index contributed by atoms with van der Waals surface area (Å²) in [7, 11) is 1.75. The van der Waals surface area contributed by atoms with Crippen LogP contribution < -0.4 is 9.64 Å². The molecule has 2 saturated heterocycles. The monoisotopic (exact) mass is 456 g/mol. The zero-order valence-corrected chi connectivity index (χ0v) is 20.2. The third-order valence-corrected chi connectivity index (χ3v) is 7.13. The molecule has 3 aromatic rings. The van der Waals surface area contributed by atoms with Gasteiger partial charge in [0.1, 0.15) is 0 Å². The van der Waals surface area contributed by atoms with Crippen molar-refractivity contribution in [1.82, 2.24) is 9.88 Å². The van der Waals surface area contributed by atoms with Crippen LogP contribution >= 0.6 is 0 Å². The minimum atomic E-state index is 0.303. The molecular formula is C28H32N4O2. The van der Waals surface area contributed by atoms with Gasteiger partial charge in [0, 0.05) is 43.2 Å². The average Bonchev–Trinajstić information content (AvgIpc) is 2.87. The standard InChI is InChI=1S/C28H32N4O2/c1-19-17-32(18-20(2)34-19)23-11-13-31(14-12-23)26-16-30-27-24(5-4-6-25(27)28(26)33-3)22-9-7-21(15-29)8-10-22/h4-10,16,19-20,23H,11-14,17-18H2,1-3H3/t19-,20+. The van der Waals surface area contributed by atoms with Crippen LogP contribution in [0.4, 0.5) is 5.69 Å². The lowest BCUT2D eigenvalue weighted by molar-refractivity contribution is -0.0826. The van der Waals surface area contributed by atoms with E-state index in [1.54, 1.807) is 7.11 Å². The fourth-order valence-corrected chi connectivity index (χ4v) is 5.57. The van der Waals surface area contributed by atoms with Crippen LogP contribution in [0.5, 0.6) is 5.75 Å². The van der Waals surface area contributed by atoms with Gasteiger partial charge in [-0.25, -0.2) is 0 Å². The van der Waals surface area contributed by atoms with Crippen molar-refractivity contribution in [2.24, 2.45) is 0 Å². The highest BCUT2D eigenvalue weighted by Crippen LogP contribution is 2.39. The van der Waals surface area contributed by atoms with E-state index in [-0.39, 0.29) is 0 Å². The summed E-state index contributed by atoms with van der Waals surface area (Å²) in [5.74, 6) is 0.882. The van der Waals surface area contributed by atoms with Crippen LogP contribution in [0.15, 0.2) is 48.7 Å². The highest BCUT2D eigenvalue weighted by Gasteiger charge is 2.31. The number of fused-ring (bicyclic) bond motifs is 1. The molecule has 1 aromatic heterocycles. The number of pyridine rings is 1. The van der Waals surface area contributed by atoms with Gasteiger partial charge in [-0.15, -0.1) is 0 Å². The first kappa shape index (κ1) is 22.6. The molecule has 5 rings (SSSR count). The molecule has 0 unspecified atom stereocenters. The summed E-state index contributed by atoms with van der Waals surface area (Å²) in [6.45, 7) is 8.38. The molecule has 2 fully saturated rings. The van der Waals surface area contributed by atoms with Gasteiger partial charge in [0.2, 0.25) is 0 Å². The largest absolute Gasteiger partial charge is 0.494 e. The Bertz CT molecular complexity index is 1190. The number of para-hydroxylation sites is 1. The normalized spacial score (nSPS) is 22.0. The molecule has 0 radical (unpaired) electrons. The van der Waals surface area contributed by atoms with Crippen molar-refractivity contribution in [3.05, 3.63) is 54.2 Å². The van der Waals surface area contributed by atoms with Crippen LogP contribution in [-0.2, 0) is 4.74 Å². The molecule has 0 spiro atoms. The van der Waals surface area contributed by atoms with Crippen LogP contribution in [0.25, 0.3) is 22.0 Å². The molecule has 6 nitrogen and oxygen atoms in total. The van der Waals surface area contributed by atoms with E-state index in [2.05, 4.69) is 47.9 Å². The van der Waals surface area contributed by atoms with E-state index in [4.69, 9.17) is 19.7 Å². The number of nitriles is 1. The maximum absolute atomic E-state index is 9.12. The van der Waals surface area contributed by atoms with Crippen LogP contribution in [0.3, 0.4) is 0 Å². The molecule has 0 saturated carbocycles. The number of hydrogen-bond donors (Lipinski definition) is 0. The Labute approximate surface area is 201 Å². The summed E-state index contributed by atoms with van der Waals surface area (Å²) in [5, 5.41) is 10.1. The van der Waals surface area contributed by atoms with Gasteiger partial charge in [-0.1, -0.05) is 24.3 Å². The van der Waals surface area contributed by atoms with Gasteiger partial charge in [0.25, 0.3) is 0 Å². The summed E-state index contributed by atoms with van der Waals surface area (Å²) in [4.78, 5) is 9.94. The molecule has 34 heavy (non-hydrogen) atoms. The van der Waals surface area contributed by atoms with Gasteiger partial charge in [0.05, 0.1) is 48.4 Å². The fourth-order valence-electron chi connectivity index (χ4n) is 5.57. The number of nitrogens with zero attached hydrogens (tertiary/aromatic N) is 4. The van der Waals surface area contributed by atoms with Gasteiger partial charge < -0.3 is 14.4 Å². The van der Waals surface area contributed by atoms with E-state index in [1.807, 2.05) is 30.5 Å². The number of benzene rings is 2. The zero-order valence-electron chi connectivity index (χ0n) is 20.2. The molecule has 0 aliphatic carbocycles. The number of rotatable bonds is 4. The number of morpholine rings is 1. The van der Waals surface area contributed by atoms with Crippen molar-refractivity contribution in [2.75, 3.05) is 38.2 Å². The van der Waals surface area contributed by atoms with Crippen LogP contribution in [-0.4, -0.2) is 61.4 Å². The second-order valence-electron chi connectivity index (χ2n) is 9.50. The summed E-state index contributed by atoms with van der Waals surface area (Å²) in [6.07, 6.45) is 4.83. The molecule has 2 atom stereocenters. The molecule has 0 bridgehead atoms. The first-order chi connectivity index (χ1) is 16.6. The second kappa shape index (κ2) is 9.61. The summed E-state index contributed by atoms with van der Waals surface area (Å²) in [5.41, 5.74) is 4.72. The molecule has 2 aliphatic rings. The molecular weight excluding hydrogens is 424 g/mol. The zero-order chi connectivity index (χ0) is 23.7. The summed E-state index contributed by atoms with van der Waals surface area (Å²) in [6, 6.07) is 16.7. The number of aromatic nitrogens is 1. The average molecular weight is 457 g/mol. The van der Waals surface area contributed by atoms with Crippen molar-refractivity contribution in [2.45, 2.75) is 44.9 Å². The van der Waals surface area contributed by atoms with E-state index in [1.165, 1.54) is 0 Å². The topological polar surface area (TPSA) is 61.6 Å². The lowest BCUT2D eigenvalue weighted by Gasteiger charge is -2.44. The second-order valence-corrected chi connectivity index (χ2v) is 9.50. The van der Waals surface area contributed by atoms with Crippen molar-refractivity contribution >= 4 is 16.6 Å². The van der Waals surface area contributed by atoms with Crippen molar-refractivity contribution < 1.29 is 9.47 Å². The highest BCUT2D eigenvalue weighted by atomic mass is 16.5. The van der Waals surface area contributed by atoms with E-state index >= 15 is 0 Å². The van der Waals surface area contributed by atoms with E-state index in [0.717, 1.165) is 72.5 Å². The van der Waals surface area contributed by atoms with Gasteiger partial charge in [-0.2, -0.15) is 5.26 Å². The SMILES string of the molecule is COc1c(N2CCC(N3C[C@@H](C)O[C@@H](C)C3)CC2)cnc2c(-c3ccc(C#N)cc3)cccc12. The number of ether oxygens (including phenoxy) is 2. The lowest BCUT2D eigenvalue weighted by Crippen LogP contribution is -2.53. The molecule has 176 valence electrons. The summed E-state index contributed by atoms with van der Waals surface area (Å²) >= 11 is 0. The van der Waals surface area contributed by atoms with Crippen molar-refractivity contribution in [3.63, 3.8) is 0 Å². The number of hydrogen-bond acceptors (Lipinski definition) is 6. The van der Waals surface area contributed by atoms with Crippen molar-refractivity contribution in [1.29, 1.82) is 5.26 Å². The minimum absolute atomic E-state index is 0.303. The Morgan fingerprint density at radius 2 is 1.74 bits per heavy atom. The maximum atomic E-state index is 9.12. The predicted octanol–water partition coefficient (Wildman–Crippen LogP) is 4.86. The molecule has 0 amide bonds. The van der Waals surface area contributed by atoms with E-state index in [0.29, 0.717) is 23.8 Å². The Morgan fingerprint density at radius 1 is 1.03 bits per heavy atom. The van der Waals surface area contributed by atoms with Gasteiger partial charge in [0.15, 0.2) is 5.75 Å². The fraction of sp³-hybridized carbons (Fsp3) is 0.429. The molecule has 2 aromatic carbocycles. The lowest BCUT2D eigenvalue weighted by atomic mass is 9.99. The van der Waals surface area contributed by atoms with Crippen LogP contribution in [0.2, 0.25) is 0 Å². The first-order valence-electron chi connectivity index (χ1n) is 12.2. The number of piperidine rings is 1. The quantitative estimate of drug-likeness (QED) is 0.559. The van der Waals surface area contributed by atoms with Crippen LogP contribution in [0.1, 0.15) is 32.3 Å². The Morgan fingerprint density at radius 3 is 2.38 bits per heavy atom. The smallest absolute Gasteiger partial charge is 0.153 e. The minimum Gasteiger partial charge on any atom is -0.494 e. The Balaban J connectivity index is 1.40. The third-order valence-electron chi connectivity index (χ3n) is 7.13. The Kier molecular flexibility index (Phi) is 6.40. The molecule has 6 heteroatoms. The van der Waals surface area contributed by atoms with Crippen LogP contribution in [0, 0.1) is 11.3 Å². The van der Waals surface area contributed by atoms with E-state index < -0.39 is 0 Å². The van der Waals surface area contributed by atoms with Gasteiger partial charge >= 0.3 is 0 Å². The Hall–Kier alpha value is -3.14. The predicted molar refractivity (Wildman–Crippen MR) is 135 cm³/mol. The summed E-state index contributed by atoms with van der Waals surface area (Å²) < 4.78 is 11.9. The van der Waals surface area contributed by atoms with Gasteiger partial charge in [-0.3, -0.25) is 9.88 Å².